The van der Waals surface area contributed by atoms with Crippen LogP contribution in [0.1, 0.15) is 0 Å². The first-order valence-electron chi connectivity index (χ1n) is 1.55. The van der Waals surface area contributed by atoms with E-state index in [-0.39, 0.29) is 29.6 Å². The fraction of sp³-hybridized carbons (Fsp3) is 0.500. The quantitative estimate of drug-likeness (QED) is 0.462. The van der Waals surface area contributed by atoms with Gasteiger partial charge in [0.15, 0.2) is 0 Å². The smallest absolute Gasteiger partial charge is 0.135 e. The third-order valence-corrected chi connectivity index (χ3v) is 0.270. The SMILES string of the molecule is CF.[NaH].c1nnn[nH]1. The van der Waals surface area contributed by atoms with Crippen LogP contribution in [0.5, 0.6) is 0 Å². The standard InChI is InChI=1S/CH3F.CH2N4.Na.H/c1-2;1-2-4-5-3-1;;/h1H3;1H,(H,2,3,4,5);;. The van der Waals surface area contributed by atoms with Crippen molar-refractivity contribution in [1.82, 2.24) is 20.6 Å². The van der Waals surface area contributed by atoms with Gasteiger partial charge in [-0.2, -0.15) is 0 Å². The van der Waals surface area contributed by atoms with Crippen LogP contribution in [-0.2, 0) is 0 Å². The van der Waals surface area contributed by atoms with Gasteiger partial charge in [0.2, 0.25) is 0 Å². The summed E-state index contributed by atoms with van der Waals surface area (Å²) in [4.78, 5) is 0. The number of nitrogens with zero attached hydrogens (tertiary/aromatic N) is 3. The van der Waals surface area contributed by atoms with Crippen molar-refractivity contribution in [2.24, 2.45) is 0 Å². The first-order valence-corrected chi connectivity index (χ1v) is 1.55. The van der Waals surface area contributed by atoms with Gasteiger partial charge in [0.05, 0.1) is 7.18 Å². The third-order valence-electron chi connectivity index (χ3n) is 0.270. The summed E-state index contributed by atoms with van der Waals surface area (Å²) in [5, 5.41) is 12.1. The Bertz CT molecular complexity index is 70.5. The molecule has 0 saturated carbocycles. The number of nitrogens with one attached hydrogen (secondary N) is 1. The molecule has 0 aliphatic heterocycles. The van der Waals surface area contributed by atoms with E-state index < -0.39 is 0 Å². The molecule has 0 aromatic carbocycles. The van der Waals surface area contributed by atoms with Crippen molar-refractivity contribution in [2.75, 3.05) is 7.18 Å². The number of tetrazole rings is 1. The molecule has 0 amide bonds. The van der Waals surface area contributed by atoms with Crippen LogP contribution in [-0.4, -0.2) is 57.4 Å². The summed E-state index contributed by atoms with van der Waals surface area (Å²) >= 11 is 0. The number of hydrogen-bond donors (Lipinski definition) is 1. The van der Waals surface area contributed by atoms with Crippen molar-refractivity contribution >= 4 is 29.6 Å². The van der Waals surface area contributed by atoms with Crippen LogP contribution in [0, 0.1) is 0 Å². The first kappa shape index (κ1) is 10.9. The second-order valence-electron chi connectivity index (χ2n) is 0.563. The number of hydrogen-bond acceptors (Lipinski definition) is 3. The fourth-order valence-electron chi connectivity index (χ4n) is 0.129. The van der Waals surface area contributed by atoms with Crippen LogP contribution in [0.3, 0.4) is 0 Å². The van der Waals surface area contributed by atoms with Gasteiger partial charge in [-0.25, -0.2) is 5.10 Å². The molecule has 0 aliphatic carbocycles. The van der Waals surface area contributed by atoms with E-state index in [1.165, 1.54) is 6.33 Å². The largest absolute Gasteiger partial charge is 0.246 e. The second kappa shape index (κ2) is 10.1. The molecule has 1 heterocycles. The monoisotopic (exact) mass is 128 g/mol. The number of aromatic amines is 1. The molecule has 1 aromatic rings. The molecule has 1 aromatic heterocycles. The Hall–Kier alpha value is -0.000000000000000167. The maximum Gasteiger partial charge on any atom is 0.135 e. The molecule has 0 fully saturated rings. The molecule has 0 spiro atoms. The average Bonchev–Trinajstić information content (AvgIpc) is 2.23. The molecule has 0 unspecified atom stereocenters. The predicted octanol–water partition coefficient (Wildman–Crippen LogP) is -0.863. The van der Waals surface area contributed by atoms with E-state index in [1.54, 1.807) is 0 Å². The molecule has 0 saturated heterocycles. The second-order valence-corrected chi connectivity index (χ2v) is 0.563. The van der Waals surface area contributed by atoms with E-state index in [4.69, 9.17) is 0 Å². The molecular weight excluding hydrogens is 122 g/mol. The molecule has 1 rings (SSSR count). The van der Waals surface area contributed by atoms with Gasteiger partial charge in [0.1, 0.15) is 6.33 Å². The minimum absolute atomic E-state index is 0. The minimum Gasteiger partial charge on any atom is -0.246 e. The summed E-state index contributed by atoms with van der Waals surface area (Å²) in [7, 11) is 0.500. The number of aromatic nitrogens is 4. The molecule has 0 aliphatic rings. The zero-order valence-corrected chi connectivity index (χ0v) is 3.80. The minimum atomic E-state index is 0. The van der Waals surface area contributed by atoms with Crippen LogP contribution in [0.4, 0.5) is 4.39 Å². The molecule has 1 N–H and O–H groups in total. The number of rotatable bonds is 0. The Kier molecular flexibility index (Phi) is 13.7. The molecular formula is C2H6FN4Na. The molecule has 0 radical (unpaired) electrons. The van der Waals surface area contributed by atoms with Gasteiger partial charge in [-0.3, -0.25) is 4.39 Å². The van der Waals surface area contributed by atoms with Crippen LogP contribution < -0.4 is 0 Å². The van der Waals surface area contributed by atoms with Crippen molar-refractivity contribution in [3.63, 3.8) is 0 Å². The predicted molar refractivity (Wildman–Crippen MR) is 28.4 cm³/mol. The normalized spacial score (nSPS) is 5.75. The van der Waals surface area contributed by atoms with E-state index in [1.807, 2.05) is 0 Å². The Labute approximate surface area is 68.2 Å². The van der Waals surface area contributed by atoms with Gasteiger partial charge in [-0.15, -0.1) is 5.10 Å². The molecule has 0 bridgehead atoms. The van der Waals surface area contributed by atoms with Crippen LogP contribution in [0.15, 0.2) is 6.33 Å². The molecule has 0 atom stereocenters. The molecule has 42 valence electrons. The summed E-state index contributed by atoms with van der Waals surface area (Å²) in [6, 6.07) is 0. The van der Waals surface area contributed by atoms with Gasteiger partial charge < -0.3 is 0 Å². The topological polar surface area (TPSA) is 54.5 Å². The Morgan fingerprint density at radius 1 is 1.50 bits per heavy atom. The van der Waals surface area contributed by atoms with Crippen molar-refractivity contribution in [2.45, 2.75) is 0 Å². The first-order chi connectivity index (χ1) is 3.50. The summed E-state index contributed by atoms with van der Waals surface area (Å²) < 4.78 is 9.50. The third kappa shape index (κ3) is 6.00. The zero-order chi connectivity index (χ0) is 5.54. The Balaban J connectivity index is 0. The Morgan fingerprint density at radius 2 is 2.12 bits per heavy atom. The number of H-pyrrole nitrogens is 1. The van der Waals surface area contributed by atoms with Gasteiger partial charge in [-0.05, 0) is 10.4 Å². The summed E-state index contributed by atoms with van der Waals surface area (Å²) in [6.45, 7) is 0. The van der Waals surface area contributed by atoms with E-state index in [0.717, 1.165) is 0 Å². The summed E-state index contributed by atoms with van der Waals surface area (Å²) in [6.07, 6.45) is 1.40. The van der Waals surface area contributed by atoms with Crippen LogP contribution in [0.2, 0.25) is 0 Å². The van der Waals surface area contributed by atoms with E-state index in [2.05, 4.69) is 20.6 Å². The van der Waals surface area contributed by atoms with E-state index >= 15 is 0 Å². The number of alkyl halides is 1. The molecule has 6 heteroatoms. The van der Waals surface area contributed by atoms with Gasteiger partial charge in [-0.1, -0.05) is 0 Å². The molecule has 4 nitrogen and oxygen atoms in total. The van der Waals surface area contributed by atoms with Gasteiger partial charge >= 0.3 is 29.6 Å². The fourth-order valence-corrected chi connectivity index (χ4v) is 0.129. The summed E-state index contributed by atoms with van der Waals surface area (Å²) in [5.41, 5.74) is 0. The van der Waals surface area contributed by atoms with Crippen molar-refractivity contribution in [1.29, 1.82) is 0 Å². The Morgan fingerprint density at radius 3 is 2.25 bits per heavy atom. The van der Waals surface area contributed by atoms with Crippen molar-refractivity contribution in [3.8, 4) is 0 Å². The van der Waals surface area contributed by atoms with Crippen molar-refractivity contribution < 1.29 is 4.39 Å². The van der Waals surface area contributed by atoms with Gasteiger partial charge in [0, 0.05) is 0 Å². The summed E-state index contributed by atoms with van der Waals surface area (Å²) in [5.74, 6) is 0. The van der Waals surface area contributed by atoms with Crippen LogP contribution >= 0.6 is 0 Å². The van der Waals surface area contributed by atoms with Gasteiger partial charge in [0.25, 0.3) is 0 Å². The maximum absolute atomic E-state index is 9.50. The van der Waals surface area contributed by atoms with Crippen molar-refractivity contribution in [3.05, 3.63) is 6.33 Å². The average molecular weight is 128 g/mol. The van der Waals surface area contributed by atoms with Crippen LogP contribution in [0.25, 0.3) is 0 Å². The van der Waals surface area contributed by atoms with E-state index in [0.29, 0.717) is 7.18 Å². The molecule has 8 heavy (non-hydrogen) atoms. The van der Waals surface area contributed by atoms with E-state index in [9.17, 15) is 4.39 Å². The number of halogens is 1. The maximum atomic E-state index is 9.50. The zero-order valence-electron chi connectivity index (χ0n) is 3.80.